The lowest BCUT2D eigenvalue weighted by molar-refractivity contribution is -0.137. The Kier molecular flexibility index (Phi) is 6.03. The maximum atomic E-state index is 13.8. The van der Waals surface area contributed by atoms with Crippen LogP contribution >= 0.6 is 0 Å². The van der Waals surface area contributed by atoms with Crippen molar-refractivity contribution < 1.29 is 30.8 Å². The van der Waals surface area contributed by atoms with Crippen LogP contribution in [0.5, 0.6) is 0 Å². The predicted octanol–water partition coefficient (Wildman–Crippen LogP) is 5.21. The van der Waals surface area contributed by atoms with Gasteiger partial charge in [-0.15, -0.1) is 0 Å². The van der Waals surface area contributed by atoms with Gasteiger partial charge in [-0.25, -0.2) is 12.8 Å². The van der Waals surface area contributed by atoms with Crippen molar-refractivity contribution in [1.82, 2.24) is 0 Å². The molecule has 0 saturated heterocycles. The number of sulfonamides is 1. The van der Waals surface area contributed by atoms with Gasteiger partial charge in [-0.2, -0.15) is 13.2 Å². The van der Waals surface area contributed by atoms with Crippen LogP contribution in [0.4, 0.5) is 28.9 Å². The molecule has 0 aliphatic rings. The fraction of sp³-hybridized carbons (Fsp3) is 0.0952. The number of para-hydroxylation sites is 1. The van der Waals surface area contributed by atoms with E-state index < -0.39 is 33.5 Å². The standard InChI is InChI=1S/C21H16F4N2O3S/c1-13-6-11-16(26-20(28)14-7-9-15(10-8-14)21(23,24)25)12-19(13)31(29,30)27-18-5-3-2-4-17(18)22/h2-12,27H,1H3,(H,26,28). The van der Waals surface area contributed by atoms with Crippen molar-refractivity contribution in [2.45, 2.75) is 18.0 Å². The van der Waals surface area contributed by atoms with Crippen LogP contribution < -0.4 is 10.0 Å². The first-order chi connectivity index (χ1) is 14.5. The lowest BCUT2D eigenvalue weighted by atomic mass is 10.1. The number of anilines is 2. The van der Waals surface area contributed by atoms with Gasteiger partial charge in [0, 0.05) is 11.3 Å². The van der Waals surface area contributed by atoms with E-state index in [2.05, 4.69) is 10.0 Å². The third-order valence-electron chi connectivity index (χ3n) is 4.33. The van der Waals surface area contributed by atoms with Gasteiger partial charge in [0.1, 0.15) is 5.82 Å². The Morgan fingerprint density at radius 2 is 1.58 bits per heavy atom. The highest BCUT2D eigenvalue weighted by molar-refractivity contribution is 7.92. The normalized spacial score (nSPS) is 11.8. The van der Waals surface area contributed by atoms with Crippen molar-refractivity contribution in [1.29, 1.82) is 0 Å². The molecule has 5 nitrogen and oxygen atoms in total. The van der Waals surface area contributed by atoms with Crippen LogP contribution in [0.1, 0.15) is 21.5 Å². The minimum atomic E-state index is -4.53. The van der Waals surface area contributed by atoms with Gasteiger partial charge in [-0.1, -0.05) is 18.2 Å². The highest BCUT2D eigenvalue weighted by Gasteiger charge is 2.30. The maximum absolute atomic E-state index is 13.8. The molecule has 0 bridgehead atoms. The molecule has 2 N–H and O–H groups in total. The van der Waals surface area contributed by atoms with E-state index in [4.69, 9.17) is 0 Å². The number of nitrogens with one attached hydrogen (secondary N) is 2. The van der Waals surface area contributed by atoms with E-state index in [1.807, 2.05) is 0 Å². The van der Waals surface area contributed by atoms with Crippen LogP contribution in [-0.2, 0) is 16.2 Å². The average molecular weight is 452 g/mol. The topological polar surface area (TPSA) is 75.3 Å². The Bertz CT molecular complexity index is 1220. The summed E-state index contributed by atoms with van der Waals surface area (Å²) in [5, 5.41) is 2.44. The molecule has 0 saturated carbocycles. The Hall–Kier alpha value is -3.40. The van der Waals surface area contributed by atoms with Crippen molar-refractivity contribution >= 4 is 27.3 Å². The van der Waals surface area contributed by atoms with E-state index in [-0.39, 0.29) is 21.8 Å². The summed E-state index contributed by atoms with van der Waals surface area (Å²) in [6.45, 7) is 1.53. The molecule has 0 aromatic heterocycles. The first-order valence-corrected chi connectivity index (χ1v) is 10.3. The highest BCUT2D eigenvalue weighted by Crippen LogP contribution is 2.29. The maximum Gasteiger partial charge on any atom is 0.416 e. The minimum Gasteiger partial charge on any atom is -0.322 e. The molecule has 3 aromatic rings. The van der Waals surface area contributed by atoms with Gasteiger partial charge in [-0.3, -0.25) is 9.52 Å². The summed E-state index contributed by atoms with van der Waals surface area (Å²) in [5.41, 5.74) is -0.726. The van der Waals surface area contributed by atoms with Crippen LogP contribution in [0, 0.1) is 12.7 Å². The number of alkyl halides is 3. The molecule has 10 heteroatoms. The van der Waals surface area contributed by atoms with E-state index >= 15 is 0 Å². The van der Waals surface area contributed by atoms with Gasteiger partial charge < -0.3 is 5.32 Å². The summed E-state index contributed by atoms with van der Waals surface area (Å²) >= 11 is 0. The molecule has 0 fully saturated rings. The van der Waals surface area contributed by atoms with Gasteiger partial charge in [0.25, 0.3) is 15.9 Å². The molecule has 0 atom stereocenters. The molecule has 31 heavy (non-hydrogen) atoms. The van der Waals surface area contributed by atoms with Gasteiger partial charge in [0.15, 0.2) is 0 Å². The largest absolute Gasteiger partial charge is 0.416 e. The molecule has 0 radical (unpaired) electrons. The number of aryl methyl sites for hydroxylation is 1. The number of carbonyl (C=O) groups is 1. The molecule has 1 amide bonds. The average Bonchev–Trinajstić information content (AvgIpc) is 2.70. The third kappa shape index (κ3) is 5.21. The summed E-state index contributed by atoms with van der Waals surface area (Å²) < 4.78 is 79.4. The molecule has 0 unspecified atom stereocenters. The predicted molar refractivity (Wildman–Crippen MR) is 108 cm³/mol. The highest BCUT2D eigenvalue weighted by atomic mass is 32.2. The van der Waals surface area contributed by atoms with Crippen molar-refractivity contribution in [2.75, 3.05) is 10.0 Å². The second-order valence-corrected chi connectivity index (χ2v) is 8.25. The van der Waals surface area contributed by atoms with Crippen LogP contribution in [0.2, 0.25) is 0 Å². The Balaban J connectivity index is 1.84. The van der Waals surface area contributed by atoms with Crippen LogP contribution in [-0.4, -0.2) is 14.3 Å². The van der Waals surface area contributed by atoms with E-state index in [0.717, 1.165) is 30.3 Å². The third-order valence-corrected chi connectivity index (χ3v) is 5.84. The molecule has 3 rings (SSSR count). The number of hydrogen-bond acceptors (Lipinski definition) is 3. The van der Waals surface area contributed by atoms with Gasteiger partial charge >= 0.3 is 6.18 Å². The smallest absolute Gasteiger partial charge is 0.322 e. The van der Waals surface area contributed by atoms with Crippen LogP contribution in [0.25, 0.3) is 0 Å². The summed E-state index contributed by atoms with van der Waals surface area (Å²) in [5.74, 6) is -1.47. The quantitative estimate of drug-likeness (QED) is 0.522. The second kappa shape index (κ2) is 8.38. The lowest BCUT2D eigenvalue weighted by Crippen LogP contribution is -2.17. The zero-order valence-corrected chi connectivity index (χ0v) is 16.8. The molecule has 0 aliphatic heterocycles. The second-order valence-electron chi connectivity index (χ2n) is 6.59. The number of rotatable bonds is 5. The summed E-state index contributed by atoms with van der Waals surface area (Å²) in [6.07, 6.45) is -4.53. The number of halogens is 4. The zero-order valence-electron chi connectivity index (χ0n) is 16.0. The number of amides is 1. The first-order valence-electron chi connectivity index (χ1n) is 8.84. The van der Waals surface area contributed by atoms with Crippen LogP contribution in [0.3, 0.4) is 0 Å². The van der Waals surface area contributed by atoms with E-state index in [1.54, 1.807) is 0 Å². The van der Waals surface area contributed by atoms with Crippen LogP contribution in [0.15, 0.2) is 71.6 Å². The van der Waals surface area contributed by atoms with E-state index in [1.165, 1.54) is 43.3 Å². The lowest BCUT2D eigenvalue weighted by Gasteiger charge is -2.13. The number of benzene rings is 3. The summed E-state index contributed by atoms with van der Waals surface area (Å²) in [6, 6.07) is 12.9. The SMILES string of the molecule is Cc1ccc(NC(=O)c2ccc(C(F)(F)F)cc2)cc1S(=O)(=O)Nc1ccccc1F. The van der Waals surface area contributed by atoms with E-state index in [0.29, 0.717) is 5.56 Å². The number of carbonyl (C=O) groups excluding carboxylic acids is 1. The molecule has 0 heterocycles. The molecule has 0 aliphatic carbocycles. The summed E-state index contributed by atoms with van der Waals surface area (Å²) in [7, 11) is -4.18. The Morgan fingerprint density at radius 1 is 0.935 bits per heavy atom. The van der Waals surface area contributed by atoms with Crippen molar-refractivity contribution in [3.63, 3.8) is 0 Å². The molecule has 162 valence electrons. The molecular weight excluding hydrogens is 436 g/mol. The fourth-order valence-electron chi connectivity index (χ4n) is 2.72. The van der Waals surface area contributed by atoms with Crippen molar-refractivity contribution in [3.8, 4) is 0 Å². The molecular formula is C21H16F4N2O3S. The zero-order chi connectivity index (χ0) is 22.8. The van der Waals surface area contributed by atoms with Crippen molar-refractivity contribution in [3.05, 3.63) is 89.2 Å². The molecule has 3 aromatic carbocycles. The fourth-order valence-corrected chi connectivity index (χ4v) is 4.06. The molecule has 0 spiro atoms. The monoisotopic (exact) mass is 452 g/mol. The number of hydrogen-bond donors (Lipinski definition) is 2. The minimum absolute atomic E-state index is 0.0394. The van der Waals surface area contributed by atoms with Gasteiger partial charge in [0.2, 0.25) is 0 Å². The van der Waals surface area contributed by atoms with Crippen molar-refractivity contribution in [2.24, 2.45) is 0 Å². The summed E-state index contributed by atoms with van der Waals surface area (Å²) in [4.78, 5) is 12.2. The van der Waals surface area contributed by atoms with Gasteiger partial charge in [-0.05, 0) is 61.0 Å². The Morgan fingerprint density at radius 3 is 2.19 bits per heavy atom. The van der Waals surface area contributed by atoms with Gasteiger partial charge in [0.05, 0.1) is 16.1 Å². The Labute approximate surface area is 175 Å². The van der Waals surface area contributed by atoms with E-state index in [9.17, 15) is 30.8 Å². The first kappa shape index (κ1) is 22.3.